The summed E-state index contributed by atoms with van der Waals surface area (Å²) in [5.74, 6) is -0.382. The highest BCUT2D eigenvalue weighted by Crippen LogP contribution is 2.21. The SMILES string of the molecule is COc1ccc(C=CCNC(=O)OC(C)(C)C)cc1CC(=O)O. The third-order valence-electron chi connectivity index (χ3n) is 2.72. The van der Waals surface area contributed by atoms with Gasteiger partial charge in [0.25, 0.3) is 0 Å². The van der Waals surface area contributed by atoms with Crippen LogP contribution in [-0.4, -0.2) is 36.4 Å². The van der Waals surface area contributed by atoms with E-state index in [4.69, 9.17) is 14.6 Å². The molecule has 23 heavy (non-hydrogen) atoms. The fraction of sp³-hybridized carbons (Fsp3) is 0.412. The highest BCUT2D eigenvalue weighted by molar-refractivity contribution is 5.72. The van der Waals surface area contributed by atoms with E-state index >= 15 is 0 Å². The van der Waals surface area contributed by atoms with Crippen LogP contribution >= 0.6 is 0 Å². The second-order valence-electron chi connectivity index (χ2n) is 5.93. The van der Waals surface area contributed by atoms with E-state index in [1.54, 1.807) is 45.1 Å². The van der Waals surface area contributed by atoms with Crippen molar-refractivity contribution in [3.8, 4) is 5.75 Å². The van der Waals surface area contributed by atoms with Crippen molar-refractivity contribution >= 4 is 18.1 Å². The highest BCUT2D eigenvalue weighted by Gasteiger charge is 2.15. The van der Waals surface area contributed by atoms with E-state index < -0.39 is 17.7 Å². The van der Waals surface area contributed by atoms with Crippen LogP contribution in [0.3, 0.4) is 0 Å². The molecule has 126 valence electrons. The van der Waals surface area contributed by atoms with E-state index in [1.807, 2.05) is 6.07 Å². The van der Waals surface area contributed by atoms with Crippen molar-refractivity contribution < 1.29 is 24.2 Å². The molecule has 0 heterocycles. The summed E-state index contributed by atoms with van der Waals surface area (Å²) in [6.07, 6.45) is 2.96. The number of hydrogen-bond acceptors (Lipinski definition) is 4. The summed E-state index contributed by atoms with van der Waals surface area (Å²) in [6.45, 7) is 5.70. The molecule has 0 aliphatic carbocycles. The molecule has 0 bridgehead atoms. The van der Waals surface area contributed by atoms with Crippen LogP contribution in [0.15, 0.2) is 24.3 Å². The predicted molar refractivity (Wildman–Crippen MR) is 87.6 cm³/mol. The lowest BCUT2D eigenvalue weighted by Gasteiger charge is -2.19. The first-order valence-corrected chi connectivity index (χ1v) is 7.23. The normalized spacial score (nSPS) is 11.3. The van der Waals surface area contributed by atoms with E-state index in [0.717, 1.165) is 5.56 Å². The minimum absolute atomic E-state index is 0.110. The molecule has 6 nitrogen and oxygen atoms in total. The van der Waals surface area contributed by atoms with E-state index in [9.17, 15) is 9.59 Å². The Morgan fingerprint density at radius 2 is 2.00 bits per heavy atom. The van der Waals surface area contributed by atoms with Crippen molar-refractivity contribution in [1.82, 2.24) is 5.32 Å². The van der Waals surface area contributed by atoms with Gasteiger partial charge in [-0.1, -0.05) is 18.2 Å². The van der Waals surface area contributed by atoms with Crippen LogP contribution < -0.4 is 10.1 Å². The summed E-state index contributed by atoms with van der Waals surface area (Å²) in [6, 6.07) is 5.28. The first kappa shape index (κ1) is 18.5. The Balaban J connectivity index is 2.63. The number of nitrogens with one attached hydrogen (secondary N) is 1. The molecule has 0 aliphatic rings. The molecule has 0 saturated heterocycles. The average molecular weight is 321 g/mol. The van der Waals surface area contributed by atoms with Crippen molar-refractivity contribution in [3.63, 3.8) is 0 Å². The van der Waals surface area contributed by atoms with Crippen LogP contribution in [0.5, 0.6) is 5.75 Å². The molecule has 0 saturated carbocycles. The third-order valence-corrected chi connectivity index (χ3v) is 2.72. The predicted octanol–water partition coefficient (Wildman–Crippen LogP) is 2.86. The second-order valence-corrected chi connectivity index (χ2v) is 5.93. The van der Waals surface area contributed by atoms with Crippen LogP contribution in [0.2, 0.25) is 0 Å². The smallest absolute Gasteiger partial charge is 0.407 e. The molecule has 1 amide bonds. The van der Waals surface area contributed by atoms with Gasteiger partial charge in [0.1, 0.15) is 11.4 Å². The Morgan fingerprint density at radius 1 is 1.30 bits per heavy atom. The Kier molecular flexibility index (Phi) is 6.63. The van der Waals surface area contributed by atoms with E-state index in [-0.39, 0.29) is 6.42 Å². The van der Waals surface area contributed by atoms with Gasteiger partial charge in [-0.05, 0) is 38.5 Å². The lowest BCUT2D eigenvalue weighted by atomic mass is 10.1. The van der Waals surface area contributed by atoms with Gasteiger partial charge in [-0.3, -0.25) is 4.79 Å². The molecule has 1 rings (SSSR count). The summed E-state index contributed by atoms with van der Waals surface area (Å²) in [4.78, 5) is 22.3. The van der Waals surface area contributed by atoms with Crippen LogP contribution in [0.25, 0.3) is 6.08 Å². The molecule has 1 aromatic rings. The van der Waals surface area contributed by atoms with Gasteiger partial charge in [-0.15, -0.1) is 0 Å². The molecule has 0 radical (unpaired) electrons. The minimum atomic E-state index is -0.920. The van der Waals surface area contributed by atoms with Gasteiger partial charge in [0.2, 0.25) is 0 Å². The number of carboxylic acids is 1. The zero-order chi connectivity index (χ0) is 17.5. The van der Waals surface area contributed by atoms with E-state index in [1.165, 1.54) is 7.11 Å². The molecule has 0 aromatic heterocycles. The van der Waals surface area contributed by atoms with Gasteiger partial charge in [0.15, 0.2) is 0 Å². The lowest BCUT2D eigenvalue weighted by molar-refractivity contribution is -0.136. The largest absolute Gasteiger partial charge is 0.496 e. The molecule has 2 N–H and O–H groups in total. The number of benzene rings is 1. The first-order valence-electron chi connectivity index (χ1n) is 7.23. The summed E-state index contributed by atoms with van der Waals surface area (Å²) in [7, 11) is 1.50. The molecular formula is C17H23NO5. The van der Waals surface area contributed by atoms with Crippen LogP contribution in [0.4, 0.5) is 4.79 Å². The van der Waals surface area contributed by atoms with Crippen molar-refractivity contribution in [1.29, 1.82) is 0 Å². The number of amides is 1. The summed E-state index contributed by atoms with van der Waals surface area (Å²) < 4.78 is 10.3. The molecule has 0 fully saturated rings. The molecule has 0 unspecified atom stereocenters. The van der Waals surface area contributed by atoms with Crippen molar-refractivity contribution in [2.24, 2.45) is 0 Å². The maximum absolute atomic E-state index is 11.5. The standard InChI is InChI=1S/C17H23NO5/c1-17(2,3)23-16(21)18-9-5-6-12-7-8-14(22-4)13(10-12)11-15(19)20/h5-8,10H,9,11H2,1-4H3,(H,18,21)(H,19,20). The number of carbonyl (C=O) groups excluding carboxylic acids is 1. The maximum Gasteiger partial charge on any atom is 0.407 e. The van der Waals surface area contributed by atoms with Gasteiger partial charge in [0, 0.05) is 12.1 Å². The quantitative estimate of drug-likeness (QED) is 0.841. The molecule has 1 aromatic carbocycles. The number of hydrogen-bond donors (Lipinski definition) is 2. The fourth-order valence-electron chi connectivity index (χ4n) is 1.85. The second kappa shape index (κ2) is 8.22. The summed E-state index contributed by atoms with van der Waals surface area (Å²) >= 11 is 0. The number of alkyl carbamates (subject to hydrolysis) is 1. The number of methoxy groups -OCH3 is 1. The number of rotatable bonds is 6. The highest BCUT2D eigenvalue weighted by atomic mass is 16.6. The zero-order valence-electron chi connectivity index (χ0n) is 13.9. The van der Waals surface area contributed by atoms with Gasteiger partial charge < -0.3 is 19.9 Å². The summed E-state index contributed by atoms with van der Waals surface area (Å²) in [5.41, 5.74) is 0.894. The lowest BCUT2D eigenvalue weighted by Crippen LogP contribution is -2.32. The monoisotopic (exact) mass is 321 g/mol. The molecule has 0 atom stereocenters. The van der Waals surface area contributed by atoms with Crippen molar-refractivity contribution in [2.45, 2.75) is 32.8 Å². The topological polar surface area (TPSA) is 84.9 Å². The maximum atomic E-state index is 11.5. The number of aliphatic carboxylic acids is 1. The zero-order valence-corrected chi connectivity index (χ0v) is 13.9. The molecular weight excluding hydrogens is 298 g/mol. The van der Waals surface area contributed by atoms with Gasteiger partial charge in [-0.25, -0.2) is 4.79 Å². The number of carbonyl (C=O) groups is 2. The van der Waals surface area contributed by atoms with Crippen molar-refractivity contribution in [2.75, 3.05) is 13.7 Å². The first-order chi connectivity index (χ1) is 10.7. The van der Waals surface area contributed by atoms with Gasteiger partial charge in [-0.2, -0.15) is 0 Å². The van der Waals surface area contributed by atoms with Crippen LogP contribution in [-0.2, 0) is 16.0 Å². The van der Waals surface area contributed by atoms with Gasteiger partial charge >= 0.3 is 12.1 Å². The summed E-state index contributed by atoms with van der Waals surface area (Å²) in [5, 5.41) is 11.5. The van der Waals surface area contributed by atoms with Crippen LogP contribution in [0, 0.1) is 0 Å². The minimum Gasteiger partial charge on any atom is -0.496 e. The van der Waals surface area contributed by atoms with Crippen LogP contribution in [0.1, 0.15) is 31.9 Å². The third kappa shape index (κ3) is 7.35. The Labute approximate surface area is 136 Å². The van der Waals surface area contributed by atoms with E-state index in [2.05, 4.69) is 5.32 Å². The van der Waals surface area contributed by atoms with Gasteiger partial charge in [0.05, 0.1) is 13.5 Å². The fourth-order valence-corrected chi connectivity index (χ4v) is 1.85. The Bertz CT molecular complexity index is 587. The Morgan fingerprint density at radius 3 is 2.57 bits per heavy atom. The number of carboxylic acid groups (broad SMARTS) is 1. The molecule has 0 spiro atoms. The Hall–Kier alpha value is -2.50. The average Bonchev–Trinajstić information content (AvgIpc) is 2.41. The molecule has 6 heteroatoms. The van der Waals surface area contributed by atoms with E-state index in [0.29, 0.717) is 17.9 Å². The molecule has 0 aliphatic heterocycles. The van der Waals surface area contributed by atoms with Crippen molar-refractivity contribution in [3.05, 3.63) is 35.4 Å². The number of ether oxygens (including phenoxy) is 2.